The number of methoxy groups -OCH3 is 2. The molecule has 0 saturated heterocycles. The molecule has 9 heteroatoms. The van der Waals surface area contributed by atoms with Crippen molar-refractivity contribution in [2.75, 3.05) is 14.2 Å². The zero-order valence-electron chi connectivity index (χ0n) is 16.2. The predicted octanol–water partition coefficient (Wildman–Crippen LogP) is 2.46. The summed E-state index contributed by atoms with van der Waals surface area (Å²) in [6, 6.07) is 11.9. The summed E-state index contributed by atoms with van der Waals surface area (Å²) >= 11 is 0. The van der Waals surface area contributed by atoms with Gasteiger partial charge in [0.2, 0.25) is 0 Å². The zero-order valence-corrected chi connectivity index (χ0v) is 17.0. The molecular weight excluding hydrogens is 419 g/mol. The standard InChI is InChI=1S/C21H22O7S.Na.H/c1-27-19(22)9-11-21(12-10-20(23)28-2)17-6-4-3-5-15(17)16-13-14(29(24,25)26)7-8-18(16)21;;/h3-8,13H,9-12H2,1-2H3,(H,24,25,26);;. The first-order valence-electron chi connectivity index (χ1n) is 9.08. The van der Waals surface area contributed by atoms with Gasteiger partial charge in [-0.05, 0) is 47.2 Å². The van der Waals surface area contributed by atoms with Gasteiger partial charge in [0.05, 0.1) is 19.1 Å². The molecule has 30 heavy (non-hydrogen) atoms. The molecule has 2 aromatic rings. The molecule has 1 aliphatic rings. The second kappa shape index (κ2) is 9.62. The molecule has 0 bridgehead atoms. The molecule has 0 heterocycles. The van der Waals surface area contributed by atoms with E-state index >= 15 is 0 Å². The number of hydrogen-bond donors (Lipinski definition) is 1. The molecule has 3 rings (SSSR count). The van der Waals surface area contributed by atoms with Crippen LogP contribution >= 0.6 is 0 Å². The molecule has 2 aromatic carbocycles. The maximum atomic E-state index is 11.9. The van der Waals surface area contributed by atoms with Crippen molar-refractivity contribution in [3.8, 4) is 11.1 Å². The van der Waals surface area contributed by atoms with Crippen LogP contribution in [0, 0.1) is 0 Å². The Balaban J connectivity index is 0.00000320. The molecule has 0 unspecified atom stereocenters. The van der Waals surface area contributed by atoms with Crippen LogP contribution in [-0.4, -0.2) is 68.7 Å². The van der Waals surface area contributed by atoms with Gasteiger partial charge in [0.25, 0.3) is 10.1 Å². The molecule has 1 N–H and O–H groups in total. The molecule has 0 atom stereocenters. The van der Waals surface area contributed by atoms with Gasteiger partial charge >= 0.3 is 41.5 Å². The molecule has 0 aliphatic heterocycles. The minimum absolute atomic E-state index is 0. The van der Waals surface area contributed by atoms with Crippen molar-refractivity contribution in [2.24, 2.45) is 0 Å². The van der Waals surface area contributed by atoms with Crippen LogP contribution in [0.4, 0.5) is 0 Å². The number of fused-ring (bicyclic) bond motifs is 3. The van der Waals surface area contributed by atoms with Crippen LogP contribution in [0.2, 0.25) is 0 Å². The molecule has 1 aliphatic carbocycles. The van der Waals surface area contributed by atoms with Crippen molar-refractivity contribution >= 4 is 51.6 Å². The third-order valence-electron chi connectivity index (χ3n) is 5.50. The van der Waals surface area contributed by atoms with Gasteiger partial charge in [0.1, 0.15) is 0 Å². The average molecular weight is 442 g/mol. The van der Waals surface area contributed by atoms with Crippen LogP contribution in [0.1, 0.15) is 36.8 Å². The first-order chi connectivity index (χ1) is 13.7. The van der Waals surface area contributed by atoms with E-state index < -0.39 is 15.5 Å². The molecule has 0 fully saturated rings. The van der Waals surface area contributed by atoms with Crippen LogP contribution in [0.5, 0.6) is 0 Å². The van der Waals surface area contributed by atoms with Crippen molar-refractivity contribution in [2.45, 2.75) is 36.0 Å². The second-order valence-corrected chi connectivity index (χ2v) is 8.38. The zero-order chi connectivity index (χ0) is 21.2. The van der Waals surface area contributed by atoms with E-state index in [1.54, 1.807) is 6.07 Å². The summed E-state index contributed by atoms with van der Waals surface area (Å²) in [4.78, 5) is 23.6. The molecule has 0 amide bonds. The number of esters is 2. The first kappa shape index (κ1) is 24.6. The second-order valence-electron chi connectivity index (χ2n) is 6.96. The van der Waals surface area contributed by atoms with Crippen molar-refractivity contribution in [1.82, 2.24) is 0 Å². The predicted molar refractivity (Wildman–Crippen MR) is 112 cm³/mol. The number of benzene rings is 2. The quantitative estimate of drug-likeness (QED) is 0.399. The van der Waals surface area contributed by atoms with Gasteiger partial charge in [-0.15, -0.1) is 0 Å². The number of carbonyl (C=O) groups is 2. The Kier molecular flexibility index (Phi) is 7.87. The summed E-state index contributed by atoms with van der Waals surface area (Å²) in [7, 11) is -1.74. The normalized spacial score (nSPS) is 13.6. The Labute approximate surface area is 197 Å². The average Bonchev–Trinajstić information content (AvgIpc) is 2.99. The summed E-state index contributed by atoms with van der Waals surface area (Å²) < 4.78 is 42.4. The Morgan fingerprint density at radius 3 is 1.97 bits per heavy atom. The molecule has 0 spiro atoms. The number of carbonyl (C=O) groups excluding carboxylic acids is 2. The molecule has 156 valence electrons. The maximum absolute atomic E-state index is 11.9. The van der Waals surface area contributed by atoms with E-state index in [1.165, 1.54) is 26.4 Å². The van der Waals surface area contributed by atoms with Gasteiger partial charge in [-0.1, -0.05) is 30.3 Å². The topological polar surface area (TPSA) is 107 Å². The van der Waals surface area contributed by atoms with Gasteiger partial charge in [-0.2, -0.15) is 8.42 Å². The molecule has 0 radical (unpaired) electrons. The Morgan fingerprint density at radius 2 is 1.43 bits per heavy atom. The monoisotopic (exact) mass is 442 g/mol. The Morgan fingerprint density at radius 1 is 0.900 bits per heavy atom. The van der Waals surface area contributed by atoms with Crippen LogP contribution in [0.25, 0.3) is 11.1 Å². The van der Waals surface area contributed by atoms with E-state index in [9.17, 15) is 22.6 Å². The van der Waals surface area contributed by atoms with Gasteiger partial charge in [0, 0.05) is 18.3 Å². The summed E-state index contributed by atoms with van der Waals surface area (Å²) in [6.45, 7) is 0. The van der Waals surface area contributed by atoms with Gasteiger partial charge in [-0.25, -0.2) is 0 Å². The van der Waals surface area contributed by atoms with Crippen molar-refractivity contribution in [3.63, 3.8) is 0 Å². The van der Waals surface area contributed by atoms with E-state index in [0.29, 0.717) is 18.4 Å². The third kappa shape index (κ3) is 4.63. The van der Waals surface area contributed by atoms with E-state index in [2.05, 4.69) is 0 Å². The van der Waals surface area contributed by atoms with Crippen LogP contribution in [-0.2, 0) is 34.6 Å². The SMILES string of the molecule is COC(=O)CCC1(CCC(=O)OC)c2ccccc2-c2cc(S(=O)(=O)O)ccc21.[NaH]. The summed E-state index contributed by atoms with van der Waals surface area (Å²) in [5.74, 6) is -0.745. The number of rotatable bonds is 7. The fourth-order valence-electron chi connectivity index (χ4n) is 4.10. The van der Waals surface area contributed by atoms with E-state index in [-0.39, 0.29) is 59.2 Å². The molecule has 7 nitrogen and oxygen atoms in total. The van der Waals surface area contributed by atoms with E-state index in [4.69, 9.17) is 9.47 Å². The number of ether oxygens (including phenoxy) is 2. The van der Waals surface area contributed by atoms with E-state index in [1.807, 2.05) is 24.3 Å². The Hall–Kier alpha value is -1.71. The van der Waals surface area contributed by atoms with Crippen molar-refractivity contribution in [1.29, 1.82) is 0 Å². The molecule has 0 aromatic heterocycles. The molecular formula is C21H23NaO7S. The summed E-state index contributed by atoms with van der Waals surface area (Å²) in [6.07, 6.45) is 1.02. The van der Waals surface area contributed by atoms with Gasteiger partial charge < -0.3 is 9.47 Å². The first-order valence-corrected chi connectivity index (χ1v) is 10.5. The third-order valence-corrected chi connectivity index (χ3v) is 6.35. The van der Waals surface area contributed by atoms with E-state index in [0.717, 1.165) is 16.7 Å². The number of hydrogen-bond acceptors (Lipinski definition) is 6. The van der Waals surface area contributed by atoms with Crippen LogP contribution < -0.4 is 0 Å². The fraction of sp³-hybridized carbons (Fsp3) is 0.333. The molecule has 0 saturated carbocycles. The Bertz CT molecular complexity index is 1040. The van der Waals surface area contributed by atoms with Gasteiger partial charge in [0.15, 0.2) is 0 Å². The van der Waals surface area contributed by atoms with Crippen LogP contribution in [0.3, 0.4) is 0 Å². The minimum atomic E-state index is -4.37. The van der Waals surface area contributed by atoms with Crippen molar-refractivity contribution < 1.29 is 32.0 Å². The van der Waals surface area contributed by atoms with Gasteiger partial charge in [-0.3, -0.25) is 14.1 Å². The van der Waals surface area contributed by atoms with Crippen LogP contribution in [0.15, 0.2) is 47.4 Å². The summed E-state index contributed by atoms with van der Waals surface area (Å²) in [5.41, 5.74) is 2.48. The fourth-order valence-corrected chi connectivity index (χ4v) is 4.61. The van der Waals surface area contributed by atoms with Crippen molar-refractivity contribution in [3.05, 3.63) is 53.6 Å². The summed E-state index contributed by atoms with van der Waals surface area (Å²) in [5, 5.41) is 0.